The van der Waals surface area contributed by atoms with Crippen molar-refractivity contribution in [2.24, 2.45) is 0 Å². The Hall–Kier alpha value is -2.93. The van der Waals surface area contributed by atoms with Crippen LogP contribution in [0, 0.1) is 5.82 Å². The number of methoxy groups -OCH3 is 1. The minimum Gasteiger partial charge on any atom is -0.497 e. The van der Waals surface area contributed by atoms with Crippen molar-refractivity contribution in [1.29, 1.82) is 0 Å². The number of ether oxygens (including phenoxy) is 1. The van der Waals surface area contributed by atoms with Gasteiger partial charge in [-0.25, -0.2) is 17.8 Å². The van der Waals surface area contributed by atoms with Gasteiger partial charge in [-0.1, -0.05) is 0 Å². The van der Waals surface area contributed by atoms with Crippen LogP contribution in [-0.2, 0) is 14.8 Å². The van der Waals surface area contributed by atoms with E-state index in [0.717, 1.165) is 27.9 Å². The molecule has 0 aliphatic carbocycles. The third-order valence-corrected chi connectivity index (χ3v) is 8.76. The van der Waals surface area contributed by atoms with Crippen molar-refractivity contribution >= 4 is 55.9 Å². The van der Waals surface area contributed by atoms with Gasteiger partial charge >= 0.3 is 0 Å². The number of sulfonamides is 1. The van der Waals surface area contributed by atoms with E-state index < -0.39 is 15.8 Å². The van der Waals surface area contributed by atoms with Gasteiger partial charge in [-0.3, -0.25) is 4.79 Å². The number of nitrogens with one attached hydrogen (secondary N) is 1. The average molecular weight is 535 g/mol. The summed E-state index contributed by atoms with van der Waals surface area (Å²) in [5.74, 6) is 0.587. The number of thiazole rings is 1. The lowest BCUT2D eigenvalue weighted by molar-refractivity contribution is -0.128. The van der Waals surface area contributed by atoms with E-state index in [4.69, 9.17) is 4.74 Å². The molecule has 0 unspecified atom stereocenters. The highest BCUT2D eigenvalue weighted by Crippen LogP contribution is 2.31. The number of carbonyl (C=O) groups is 1. The summed E-state index contributed by atoms with van der Waals surface area (Å²) in [6, 6.07) is 12.0. The highest BCUT2D eigenvalue weighted by molar-refractivity contribution is 8.03. The van der Waals surface area contributed by atoms with Crippen molar-refractivity contribution in [2.75, 3.05) is 38.3 Å². The van der Waals surface area contributed by atoms with Gasteiger partial charge in [0.05, 0.1) is 29.3 Å². The molecule has 0 atom stereocenters. The molecule has 1 saturated heterocycles. The van der Waals surface area contributed by atoms with E-state index in [0.29, 0.717) is 28.2 Å². The number of halogens is 1. The Kier molecular flexibility index (Phi) is 7.75. The first-order valence-electron chi connectivity index (χ1n) is 10.5. The highest BCUT2D eigenvalue weighted by atomic mass is 32.2. The van der Waals surface area contributed by atoms with E-state index in [2.05, 4.69) is 10.3 Å². The molecule has 0 spiro atoms. The third-order valence-electron chi connectivity index (χ3n) is 5.15. The SMILES string of the molecule is COc1ccc(Nc2nc(/C=C3/SCCN3C(=O)CN(C)S(=O)(=O)c3ccc(F)cc3)cs2)cc1. The minimum absolute atomic E-state index is 0.0693. The lowest BCUT2D eigenvalue weighted by Gasteiger charge is -2.21. The van der Waals surface area contributed by atoms with Gasteiger partial charge in [-0.2, -0.15) is 4.31 Å². The molecule has 1 amide bonds. The van der Waals surface area contributed by atoms with Gasteiger partial charge in [0.25, 0.3) is 0 Å². The number of carbonyl (C=O) groups excluding carboxylic acids is 1. The van der Waals surface area contributed by atoms with E-state index in [9.17, 15) is 17.6 Å². The van der Waals surface area contributed by atoms with Gasteiger partial charge in [0.2, 0.25) is 15.9 Å². The van der Waals surface area contributed by atoms with E-state index in [1.54, 1.807) is 12.0 Å². The number of benzene rings is 2. The molecule has 3 aromatic rings. The number of aromatic nitrogens is 1. The lowest BCUT2D eigenvalue weighted by atomic mass is 10.3. The molecule has 2 heterocycles. The van der Waals surface area contributed by atoms with Gasteiger partial charge in [-0.15, -0.1) is 23.1 Å². The molecule has 1 aromatic heterocycles. The largest absolute Gasteiger partial charge is 0.497 e. The fourth-order valence-electron chi connectivity index (χ4n) is 3.28. The summed E-state index contributed by atoms with van der Waals surface area (Å²) in [6.45, 7) is 0.139. The van der Waals surface area contributed by atoms with Crippen LogP contribution < -0.4 is 10.1 Å². The standard InChI is InChI=1S/C23H23FN4O4S3/c1-27(35(30,31)20-9-3-16(24)4-10-20)14-21(29)28-11-12-33-22(28)13-18-15-34-23(26-18)25-17-5-7-19(32-2)8-6-17/h3-10,13,15H,11-12,14H2,1-2H3,(H,25,26)/b22-13+. The van der Waals surface area contributed by atoms with Crippen molar-refractivity contribution in [1.82, 2.24) is 14.2 Å². The first-order chi connectivity index (χ1) is 16.8. The summed E-state index contributed by atoms with van der Waals surface area (Å²) >= 11 is 2.95. The Bertz CT molecular complexity index is 1330. The molecule has 184 valence electrons. The second-order valence-electron chi connectivity index (χ2n) is 7.52. The second-order valence-corrected chi connectivity index (χ2v) is 11.5. The summed E-state index contributed by atoms with van der Waals surface area (Å²) in [5.41, 5.74) is 1.57. The smallest absolute Gasteiger partial charge is 0.243 e. The molecule has 1 N–H and O–H groups in total. The zero-order valence-corrected chi connectivity index (χ0v) is 21.4. The Labute approximate surface area is 211 Å². The summed E-state index contributed by atoms with van der Waals surface area (Å²) in [7, 11) is -0.976. The lowest BCUT2D eigenvalue weighted by Crippen LogP contribution is -2.39. The van der Waals surface area contributed by atoms with E-state index in [1.807, 2.05) is 35.7 Å². The molecule has 35 heavy (non-hydrogen) atoms. The van der Waals surface area contributed by atoms with E-state index in [1.165, 1.54) is 42.3 Å². The molecule has 0 bridgehead atoms. The molecule has 0 radical (unpaired) electrons. The topological polar surface area (TPSA) is 91.8 Å². The van der Waals surface area contributed by atoms with Gasteiger partial charge in [0.1, 0.15) is 11.6 Å². The van der Waals surface area contributed by atoms with Crippen LogP contribution in [0.5, 0.6) is 5.75 Å². The molecule has 1 aliphatic heterocycles. The third kappa shape index (κ3) is 6.01. The fraction of sp³-hybridized carbons (Fsp3) is 0.217. The van der Waals surface area contributed by atoms with E-state index >= 15 is 0 Å². The van der Waals surface area contributed by atoms with Crippen molar-refractivity contribution < 1.29 is 22.3 Å². The fourth-order valence-corrected chi connectivity index (χ4v) is 6.12. The van der Waals surface area contributed by atoms with Crippen LogP contribution in [-0.4, -0.2) is 61.5 Å². The number of rotatable bonds is 8. The monoisotopic (exact) mass is 534 g/mol. The van der Waals surface area contributed by atoms with Crippen molar-refractivity contribution in [3.63, 3.8) is 0 Å². The first-order valence-corrected chi connectivity index (χ1v) is 13.8. The molecule has 2 aromatic carbocycles. The van der Waals surface area contributed by atoms with Gasteiger partial charge in [0.15, 0.2) is 5.13 Å². The first kappa shape index (κ1) is 25.2. The number of thioether (sulfide) groups is 1. The zero-order chi connectivity index (χ0) is 25.0. The molecule has 1 aliphatic rings. The number of hydrogen-bond donors (Lipinski definition) is 1. The Morgan fingerprint density at radius 3 is 2.63 bits per heavy atom. The van der Waals surface area contributed by atoms with Crippen LogP contribution >= 0.6 is 23.1 Å². The number of amides is 1. The number of likely N-dealkylation sites (N-methyl/N-ethyl adjacent to an activating group) is 1. The molecule has 1 fully saturated rings. The minimum atomic E-state index is -3.92. The normalized spacial score (nSPS) is 15.1. The molecule has 8 nitrogen and oxygen atoms in total. The quantitative estimate of drug-likeness (QED) is 0.462. The Morgan fingerprint density at radius 1 is 1.23 bits per heavy atom. The molecule has 0 saturated carbocycles. The molecular formula is C23H23FN4O4S3. The van der Waals surface area contributed by atoms with E-state index in [-0.39, 0.29) is 17.3 Å². The summed E-state index contributed by atoms with van der Waals surface area (Å²) in [6.07, 6.45) is 1.82. The summed E-state index contributed by atoms with van der Waals surface area (Å²) in [5, 5.41) is 6.53. The molecule has 12 heteroatoms. The van der Waals surface area contributed by atoms with Crippen molar-refractivity contribution in [3.05, 3.63) is 70.5 Å². The van der Waals surface area contributed by atoms with Gasteiger partial charge < -0.3 is 15.0 Å². The van der Waals surface area contributed by atoms with Crippen molar-refractivity contribution in [2.45, 2.75) is 4.90 Å². The average Bonchev–Trinajstić information content (AvgIpc) is 3.49. The van der Waals surface area contributed by atoms with Crippen LogP contribution in [0.15, 0.2) is 63.8 Å². The van der Waals surface area contributed by atoms with Crippen LogP contribution in [0.1, 0.15) is 5.69 Å². The zero-order valence-electron chi connectivity index (χ0n) is 19.0. The van der Waals surface area contributed by atoms with Gasteiger partial charge in [0, 0.05) is 30.4 Å². The summed E-state index contributed by atoms with van der Waals surface area (Å²) < 4.78 is 44.8. The van der Waals surface area contributed by atoms with Crippen LogP contribution in [0.4, 0.5) is 15.2 Å². The van der Waals surface area contributed by atoms with Crippen LogP contribution in [0.25, 0.3) is 6.08 Å². The maximum Gasteiger partial charge on any atom is 0.243 e. The molecule has 4 rings (SSSR count). The van der Waals surface area contributed by atoms with Gasteiger partial charge in [-0.05, 0) is 54.6 Å². The Balaban J connectivity index is 1.42. The van der Waals surface area contributed by atoms with Crippen LogP contribution in [0.2, 0.25) is 0 Å². The number of nitrogens with zero attached hydrogens (tertiary/aromatic N) is 3. The number of hydrogen-bond acceptors (Lipinski definition) is 8. The number of anilines is 2. The predicted octanol–water partition coefficient (Wildman–Crippen LogP) is 4.23. The molecular weight excluding hydrogens is 511 g/mol. The van der Waals surface area contributed by atoms with Crippen LogP contribution in [0.3, 0.4) is 0 Å². The second kappa shape index (κ2) is 10.8. The maximum absolute atomic E-state index is 13.2. The van der Waals surface area contributed by atoms with Crippen molar-refractivity contribution in [3.8, 4) is 5.75 Å². The Morgan fingerprint density at radius 2 is 1.94 bits per heavy atom. The summed E-state index contributed by atoms with van der Waals surface area (Å²) in [4.78, 5) is 19.0. The maximum atomic E-state index is 13.2. The highest BCUT2D eigenvalue weighted by Gasteiger charge is 2.29. The predicted molar refractivity (Wildman–Crippen MR) is 137 cm³/mol.